The molecule has 22 aromatic rings. The summed E-state index contributed by atoms with van der Waals surface area (Å²) in [5.74, 6) is 3.63. The number of fused-ring (bicyclic) bond motifs is 12. The number of hydrogen-bond acceptors (Lipinski definition) is 6. The second-order valence-corrected chi connectivity index (χ2v) is 28.6. The van der Waals surface area contributed by atoms with Gasteiger partial charge in [-0.05, 0) is 155 Å². The van der Waals surface area contributed by atoms with E-state index < -0.39 is 0 Å². The summed E-state index contributed by atoms with van der Waals surface area (Å²) in [6, 6.07) is 138. The normalized spacial score (nSPS) is 11.8. The van der Waals surface area contributed by atoms with Crippen molar-refractivity contribution in [3.63, 3.8) is 0 Å². The lowest BCUT2D eigenvalue weighted by Gasteiger charge is -2.13. The predicted octanol–water partition coefficient (Wildman–Crippen LogP) is 25.4. The Hall–Kier alpha value is -15.3. The Kier molecular flexibility index (Phi) is 15.0. The van der Waals surface area contributed by atoms with Gasteiger partial charge in [0.25, 0.3) is 0 Å². The lowest BCUT2D eigenvalue weighted by atomic mass is 9.98. The Balaban J connectivity index is 0.585. The summed E-state index contributed by atoms with van der Waals surface area (Å²) < 4.78 is 9.51. The molecule has 0 fully saturated rings. The lowest BCUT2D eigenvalue weighted by molar-refractivity contribution is 1.07. The van der Waals surface area contributed by atoms with Crippen molar-refractivity contribution in [1.29, 1.82) is 0 Å². The fraction of sp³-hybridized carbons (Fsp3) is 0. The van der Waals surface area contributed by atoms with Crippen molar-refractivity contribution in [2.24, 2.45) is 0 Å². The zero-order valence-corrected chi connectivity index (χ0v) is 60.4. The fourth-order valence-corrected chi connectivity index (χ4v) is 16.9. The first-order chi connectivity index (χ1) is 55.5. The largest absolute Gasteiger partial charge is 0.309 e. The van der Waals surface area contributed by atoms with E-state index in [-0.39, 0.29) is 0 Å². The summed E-state index contributed by atoms with van der Waals surface area (Å²) in [7, 11) is 0. The molecule has 0 saturated carbocycles. The van der Waals surface area contributed by atoms with E-state index in [1.807, 2.05) is 78.9 Å². The van der Waals surface area contributed by atoms with Crippen LogP contribution in [0.1, 0.15) is 0 Å². The number of hydrogen-bond donors (Lipinski definition) is 0. The molecule has 6 aromatic heterocycles. The maximum absolute atomic E-state index is 5.35. The third kappa shape index (κ3) is 10.8. The summed E-state index contributed by atoms with van der Waals surface area (Å²) in [4.78, 5) is 31.0. The van der Waals surface area contributed by atoms with Gasteiger partial charge in [0, 0.05) is 99.2 Å². The van der Waals surface area contributed by atoms with Crippen LogP contribution in [0.4, 0.5) is 0 Å². The molecule has 6 heterocycles. The number of rotatable bonds is 13. The molecule has 10 nitrogen and oxygen atoms in total. The first kappa shape index (κ1) is 64.0. The highest BCUT2D eigenvalue weighted by Gasteiger charge is 2.23. The average molecular weight is 1430 g/mol. The van der Waals surface area contributed by atoms with E-state index in [0.717, 1.165) is 117 Å². The van der Waals surface area contributed by atoms with Crippen LogP contribution in [0.3, 0.4) is 0 Å². The van der Waals surface area contributed by atoms with E-state index in [0.29, 0.717) is 34.9 Å². The summed E-state index contributed by atoms with van der Waals surface area (Å²) in [5.41, 5.74) is 25.5. The highest BCUT2D eigenvalue weighted by Crippen LogP contribution is 2.44. The zero-order chi connectivity index (χ0) is 73.7. The summed E-state index contributed by atoms with van der Waals surface area (Å²) >= 11 is 0. The number of aromatic nitrogens is 10. The monoisotopic (exact) mass is 1430 g/mol. The van der Waals surface area contributed by atoms with E-state index in [1.165, 1.54) is 59.7 Å². The topological polar surface area (TPSA) is 97.1 Å². The summed E-state index contributed by atoms with van der Waals surface area (Å²) in [6.45, 7) is 0. The Morgan fingerprint density at radius 1 is 0.143 bits per heavy atom. The molecule has 0 aliphatic heterocycles. The molecule has 0 spiro atoms. The van der Waals surface area contributed by atoms with E-state index in [2.05, 4.69) is 328 Å². The average Bonchev–Trinajstić information content (AvgIpc) is 1.58. The van der Waals surface area contributed by atoms with Crippen molar-refractivity contribution < 1.29 is 0 Å². The molecule has 0 radical (unpaired) electrons. The molecule has 0 N–H and O–H groups in total. The molecule has 0 aliphatic carbocycles. The first-order valence-corrected chi connectivity index (χ1v) is 37.8. The van der Waals surface area contributed by atoms with Crippen molar-refractivity contribution in [1.82, 2.24) is 48.2 Å². The Bertz CT molecular complexity index is 7430. The molecule has 0 unspecified atom stereocenters. The van der Waals surface area contributed by atoms with Crippen LogP contribution in [0.2, 0.25) is 0 Å². The van der Waals surface area contributed by atoms with E-state index in [1.54, 1.807) is 0 Å². The minimum Gasteiger partial charge on any atom is -0.309 e. The van der Waals surface area contributed by atoms with Gasteiger partial charge in [0.05, 0.1) is 44.1 Å². The SMILES string of the molecule is c1ccc(-c2nc(-c3cccc(-c4ccc(-n5c6ccccc6c6cc(-c7cccc8c7c7ccccc7n8-c7cccc(-c8nc(-c9ccccc9)nc(-c9ccccc9)n8)c7)ccc65)cc4)c3)nc(-c3cccc(-n4c5ccccc5c5cc(-c6ccc7c(c6)c6ccccc6n7-c6ccccc6)ccc54)c3)n2)cc1. The smallest absolute Gasteiger partial charge is 0.164 e. The van der Waals surface area contributed by atoms with Crippen LogP contribution >= 0.6 is 0 Å². The molecule has 0 bridgehead atoms. The quantitative estimate of drug-likeness (QED) is 0.114. The van der Waals surface area contributed by atoms with E-state index in [9.17, 15) is 0 Å². The molecule has 0 atom stereocenters. The maximum Gasteiger partial charge on any atom is 0.164 e. The fourth-order valence-electron chi connectivity index (χ4n) is 16.9. The molecule has 16 aromatic carbocycles. The minimum absolute atomic E-state index is 0.586. The highest BCUT2D eigenvalue weighted by atomic mass is 15.1. The van der Waals surface area contributed by atoms with Gasteiger partial charge in [0.15, 0.2) is 34.9 Å². The van der Waals surface area contributed by atoms with Crippen molar-refractivity contribution >= 4 is 87.2 Å². The van der Waals surface area contributed by atoms with Gasteiger partial charge in [0.1, 0.15) is 0 Å². The molecule has 22 rings (SSSR count). The summed E-state index contributed by atoms with van der Waals surface area (Å²) in [5, 5.41) is 9.52. The molecule has 522 valence electrons. The maximum atomic E-state index is 5.35. The molecule has 0 aliphatic rings. The van der Waals surface area contributed by atoms with Gasteiger partial charge < -0.3 is 18.3 Å². The standard InChI is InChI=1S/C102H64N10/c1-5-25-66(26-6-1)97-103-98(67-27-7-2-8-28-67)106-101(105-97)75-34-23-38-79(61-75)112-91-47-20-16-42-84(91)96-80(43-24-48-95(96)112)72-53-58-93-87(64-72)83-41-14-18-45-89(83)110(93)77-54-49-65(50-55-77)69-31-21-32-73(59-69)100-104-99(68-29-9-3-10-30-68)107-102(108-100)74-33-22-37-78(60-74)111-90-46-19-15-40-82(90)86-63-71(52-57-94(86)111)70-51-56-92-85(62-70)81-39-13-17-44-88(81)109(92)76-35-11-4-12-36-76/h1-64H. The minimum atomic E-state index is 0.586. The molecule has 10 heteroatoms. The van der Waals surface area contributed by atoms with Gasteiger partial charge in [-0.2, -0.15) is 0 Å². The highest BCUT2D eigenvalue weighted by molar-refractivity contribution is 6.18. The Morgan fingerprint density at radius 2 is 0.420 bits per heavy atom. The van der Waals surface area contributed by atoms with Gasteiger partial charge in [-0.1, -0.05) is 267 Å². The van der Waals surface area contributed by atoms with E-state index in [4.69, 9.17) is 29.9 Å². The van der Waals surface area contributed by atoms with Crippen LogP contribution in [0.5, 0.6) is 0 Å². The number of benzene rings is 16. The van der Waals surface area contributed by atoms with Crippen molar-refractivity contribution in [2.45, 2.75) is 0 Å². The lowest BCUT2D eigenvalue weighted by Crippen LogP contribution is -2.01. The van der Waals surface area contributed by atoms with Crippen LogP contribution in [0.15, 0.2) is 388 Å². The Labute approximate surface area is 644 Å². The van der Waals surface area contributed by atoms with Crippen LogP contribution in [-0.2, 0) is 0 Å². The molecule has 112 heavy (non-hydrogen) atoms. The van der Waals surface area contributed by atoms with Crippen LogP contribution in [0, 0.1) is 0 Å². The Morgan fingerprint density at radius 3 is 0.884 bits per heavy atom. The van der Waals surface area contributed by atoms with Crippen LogP contribution in [-0.4, -0.2) is 48.2 Å². The van der Waals surface area contributed by atoms with Gasteiger partial charge in [-0.15, -0.1) is 0 Å². The number of nitrogens with zero attached hydrogens (tertiary/aromatic N) is 10. The van der Waals surface area contributed by atoms with Gasteiger partial charge in [0.2, 0.25) is 0 Å². The third-order valence-electron chi connectivity index (χ3n) is 22.0. The number of para-hydroxylation sites is 5. The van der Waals surface area contributed by atoms with Gasteiger partial charge >= 0.3 is 0 Å². The third-order valence-corrected chi connectivity index (χ3v) is 22.0. The second kappa shape index (κ2) is 26.3. The molecule has 0 amide bonds. The second-order valence-electron chi connectivity index (χ2n) is 28.6. The zero-order valence-electron chi connectivity index (χ0n) is 60.4. The van der Waals surface area contributed by atoms with Crippen LogP contribution in [0.25, 0.3) is 212 Å². The van der Waals surface area contributed by atoms with Crippen molar-refractivity contribution in [3.8, 4) is 124 Å². The first-order valence-electron chi connectivity index (χ1n) is 37.8. The van der Waals surface area contributed by atoms with Crippen LogP contribution < -0.4 is 0 Å². The van der Waals surface area contributed by atoms with Gasteiger partial charge in [-0.25, -0.2) is 29.9 Å². The van der Waals surface area contributed by atoms with Crippen molar-refractivity contribution in [3.05, 3.63) is 388 Å². The molecular weight excluding hydrogens is 1370 g/mol. The predicted molar refractivity (Wildman–Crippen MR) is 459 cm³/mol. The van der Waals surface area contributed by atoms with Gasteiger partial charge in [-0.3, -0.25) is 0 Å². The molecule has 0 saturated heterocycles. The molecular formula is C102H64N10. The van der Waals surface area contributed by atoms with Crippen molar-refractivity contribution in [2.75, 3.05) is 0 Å². The summed E-state index contributed by atoms with van der Waals surface area (Å²) in [6.07, 6.45) is 0. The van der Waals surface area contributed by atoms with E-state index >= 15 is 0 Å².